The second kappa shape index (κ2) is 5.74. The lowest BCUT2D eigenvalue weighted by Gasteiger charge is -2.30. The molecule has 3 heteroatoms. The van der Waals surface area contributed by atoms with Crippen LogP contribution in [0.5, 0.6) is 0 Å². The van der Waals surface area contributed by atoms with Crippen molar-refractivity contribution in [1.82, 2.24) is 10.2 Å². The molecule has 0 radical (unpaired) electrons. The maximum Gasteiger partial charge on any atom is 0.230 e. The van der Waals surface area contributed by atoms with Gasteiger partial charge in [-0.15, -0.1) is 0 Å². The number of carbonyl (C=O) groups excluding carboxylic acids is 1. The first-order valence-electron chi connectivity index (χ1n) is 7.43. The number of aryl methyl sites for hydroxylation is 1. The van der Waals surface area contributed by atoms with Crippen molar-refractivity contribution in [2.75, 3.05) is 26.2 Å². The summed E-state index contributed by atoms with van der Waals surface area (Å²) in [5.41, 5.74) is 2.65. The number of hydrogen-bond donors (Lipinski definition) is 1. The van der Waals surface area contributed by atoms with E-state index in [0.29, 0.717) is 5.91 Å². The highest BCUT2D eigenvalue weighted by molar-refractivity contribution is 5.84. The summed E-state index contributed by atoms with van der Waals surface area (Å²) in [6.07, 6.45) is 4.35. The van der Waals surface area contributed by atoms with E-state index in [2.05, 4.69) is 34.5 Å². The number of amides is 1. The number of nitrogens with zero attached hydrogens (tertiary/aromatic N) is 1. The first-order valence-corrected chi connectivity index (χ1v) is 7.43. The van der Waals surface area contributed by atoms with E-state index in [1.807, 2.05) is 0 Å². The predicted octanol–water partition coefficient (Wildman–Crippen LogP) is 1.93. The van der Waals surface area contributed by atoms with Crippen LogP contribution in [0, 0.1) is 0 Å². The monoisotopic (exact) mass is 258 g/mol. The van der Waals surface area contributed by atoms with Crippen LogP contribution in [-0.4, -0.2) is 37.0 Å². The minimum absolute atomic E-state index is 0.100. The van der Waals surface area contributed by atoms with Crippen molar-refractivity contribution in [2.24, 2.45) is 0 Å². The molecule has 0 saturated carbocycles. The fraction of sp³-hybridized carbons (Fsp3) is 0.562. The Kier molecular flexibility index (Phi) is 3.83. The summed E-state index contributed by atoms with van der Waals surface area (Å²) in [5, 5.41) is 3.36. The summed E-state index contributed by atoms with van der Waals surface area (Å²) >= 11 is 0. The van der Waals surface area contributed by atoms with Crippen LogP contribution in [-0.2, 0) is 11.2 Å². The minimum Gasteiger partial charge on any atom is -0.341 e. The average Bonchev–Trinajstić information content (AvgIpc) is 2.75. The van der Waals surface area contributed by atoms with Crippen molar-refractivity contribution in [2.45, 2.75) is 31.6 Å². The molecule has 0 spiro atoms. The maximum absolute atomic E-state index is 12.8. The number of carbonyl (C=O) groups is 1. The highest BCUT2D eigenvalue weighted by atomic mass is 16.2. The van der Waals surface area contributed by atoms with Crippen LogP contribution in [0.25, 0.3) is 0 Å². The molecule has 1 fully saturated rings. The highest BCUT2D eigenvalue weighted by Crippen LogP contribution is 2.32. The summed E-state index contributed by atoms with van der Waals surface area (Å²) in [4.78, 5) is 14.8. The van der Waals surface area contributed by atoms with E-state index in [1.165, 1.54) is 11.1 Å². The normalized spacial score (nSPS) is 23.6. The van der Waals surface area contributed by atoms with Gasteiger partial charge >= 0.3 is 0 Å². The lowest BCUT2D eigenvalue weighted by atomic mass is 9.82. The molecule has 1 amide bonds. The number of rotatable bonds is 1. The van der Waals surface area contributed by atoms with Crippen molar-refractivity contribution in [3.8, 4) is 0 Å². The van der Waals surface area contributed by atoms with Gasteiger partial charge in [0, 0.05) is 19.6 Å². The topological polar surface area (TPSA) is 32.3 Å². The van der Waals surface area contributed by atoms with Crippen molar-refractivity contribution >= 4 is 5.91 Å². The molecule has 19 heavy (non-hydrogen) atoms. The Morgan fingerprint density at radius 1 is 1.16 bits per heavy atom. The maximum atomic E-state index is 12.8. The zero-order chi connectivity index (χ0) is 13.1. The summed E-state index contributed by atoms with van der Waals surface area (Å²) in [5.74, 6) is 0.443. The molecule has 3 rings (SSSR count). The van der Waals surface area contributed by atoms with E-state index in [-0.39, 0.29) is 5.92 Å². The molecule has 102 valence electrons. The first-order chi connectivity index (χ1) is 9.36. The molecule has 1 aromatic carbocycles. The molecular weight excluding hydrogens is 236 g/mol. The van der Waals surface area contributed by atoms with E-state index < -0.39 is 0 Å². The van der Waals surface area contributed by atoms with E-state index in [0.717, 1.165) is 51.9 Å². The molecule has 1 atom stereocenters. The standard InChI is InChI=1S/C16H22N2O/c19-16(18-11-4-9-17-10-12-18)15-8-3-6-13-5-1-2-7-14(13)15/h1-2,5,7,15,17H,3-4,6,8-12H2. The second-order valence-electron chi connectivity index (χ2n) is 5.57. The van der Waals surface area contributed by atoms with Gasteiger partial charge in [-0.25, -0.2) is 0 Å². The largest absolute Gasteiger partial charge is 0.341 e. The molecule has 1 unspecified atom stereocenters. The van der Waals surface area contributed by atoms with Crippen LogP contribution in [0.15, 0.2) is 24.3 Å². The van der Waals surface area contributed by atoms with Crippen LogP contribution in [0.4, 0.5) is 0 Å². The van der Waals surface area contributed by atoms with Gasteiger partial charge in [0.25, 0.3) is 0 Å². The van der Waals surface area contributed by atoms with Crippen molar-refractivity contribution < 1.29 is 4.79 Å². The van der Waals surface area contributed by atoms with E-state index in [9.17, 15) is 4.79 Å². The molecule has 1 saturated heterocycles. The van der Waals surface area contributed by atoms with E-state index >= 15 is 0 Å². The molecule has 1 aliphatic heterocycles. The molecule has 1 aromatic rings. The molecular formula is C16H22N2O. The summed E-state index contributed by atoms with van der Waals surface area (Å²) in [6, 6.07) is 8.47. The number of nitrogens with one attached hydrogen (secondary N) is 1. The molecule has 0 aromatic heterocycles. The SMILES string of the molecule is O=C(C1CCCc2ccccc21)N1CCCNCC1. The fourth-order valence-electron chi connectivity index (χ4n) is 3.30. The van der Waals surface area contributed by atoms with Gasteiger partial charge in [0.15, 0.2) is 0 Å². The van der Waals surface area contributed by atoms with Crippen LogP contribution < -0.4 is 5.32 Å². The quantitative estimate of drug-likeness (QED) is 0.835. The van der Waals surface area contributed by atoms with Gasteiger partial charge in [0.2, 0.25) is 5.91 Å². The zero-order valence-corrected chi connectivity index (χ0v) is 11.4. The van der Waals surface area contributed by atoms with E-state index in [4.69, 9.17) is 0 Å². The Balaban J connectivity index is 1.80. The smallest absolute Gasteiger partial charge is 0.230 e. The Labute approximate surface area is 115 Å². The Bertz CT molecular complexity index is 450. The average molecular weight is 258 g/mol. The fourth-order valence-corrected chi connectivity index (χ4v) is 3.30. The van der Waals surface area contributed by atoms with Crippen LogP contribution in [0.3, 0.4) is 0 Å². The molecule has 1 heterocycles. The van der Waals surface area contributed by atoms with E-state index in [1.54, 1.807) is 0 Å². The first kappa shape index (κ1) is 12.7. The molecule has 1 N–H and O–H groups in total. The lowest BCUT2D eigenvalue weighted by Crippen LogP contribution is -2.38. The minimum atomic E-state index is 0.100. The predicted molar refractivity (Wildman–Crippen MR) is 76.2 cm³/mol. The third-order valence-corrected chi connectivity index (χ3v) is 4.32. The third-order valence-electron chi connectivity index (χ3n) is 4.32. The van der Waals surface area contributed by atoms with Crippen molar-refractivity contribution in [1.29, 1.82) is 0 Å². The molecule has 3 nitrogen and oxygen atoms in total. The van der Waals surface area contributed by atoms with Crippen LogP contribution in [0.2, 0.25) is 0 Å². The Morgan fingerprint density at radius 3 is 3.00 bits per heavy atom. The van der Waals surface area contributed by atoms with Gasteiger partial charge < -0.3 is 10.2 Å². The van der Waals surface area contributed by atoms with Crippen molar-refractivity contribution in [3.63, 3.8) is 0 Å². The molecule has 0 bridgehead atoms. The highest BCUT2D eigenvalue weighted by Gasteiger charge is 2.29. The lowest BCUT2D eigenvalue weighted by molar-refractivity contribution is -0.133. The number of hydrogen-bond acceptors (Lipinski definition) is 2. The van der Waals surface area contributed by atoms with Gasteiger partial charge in [0.1, 0.15) is 0 Å². The van der Waals surface area contributed by atoms with Gasteiger partial charge in [-0.3, -0.25) is 4.79 Å². The van der Waals surface area contributed by atoms with Crippen LogP contribution >= 0.6 is 0 Å². The molecule has 1 aliphatic carbocycles. The Morgan fingerprint density at radius 2 is 2.05 bits per heavy atom. The summed E-state index contributed by atoms with van der Waals surface area (Å²) in [6.45, 7) is 3.73. The van der Waals surface area contributed by atoms with Gasteiger partial charge in [-0.2, -0.15) is 0 Å². The third kappa shape index (κ3) is 2.66. The van der Waals surface area contributed by atoms with Gasteiger partial charge in [0.05, 0.1) is 5.92 Å². The Hall–Kier alpha value is -1.35. The van der Waals surface area contributed by atoms with Gasteiger partial charge in [-0.05, 0) is 43.4 Å². The van der Waals surface area contributed by atoms with Crippen molar-refractivity contribution in [3.05, 3.63) is 35.4 Å². The summed E-state index contributed by atoms with van der Waals surface area (Å²) < 4.78 is 0. The molecule has 2 aliphatic rings. The summed E-state index contributed by atoms with van der Waals surface area (Å²) in [7, 11) is 0. The number of fused-ring (bicyclic) bond motifs is 1. The van der Waals surface area contributed by atoms with Gasteiger partial charge in [-0.1, -0.05) is 24.3 Å². The number of benzene rings is 1. The van der Waals surface area contributed by atoms with Crippen LogP contribution in [0.1, 0.15) is 36.3 Å². The zero-order valence-electron chi connectivity index (χ0n) is 11.4. The second-order valence-corrected chi connectivity index (χ2v) is 5.57.